The molecule has 2 aromatic rings. The summed E-state index contributed by atoms with van der Waals surface area (Å²) < 4.78 is 5.44. The Morgan fingerprint density at radius 2 is 1.60 bits per heavy atom. The number of allylic oxidation sites excluding steroid dienone is 1. The van der Waals surface area contributed by atoms with Crippen molar-refractivity contribution >= 4 is 11.9 Å². The molecule has 4 nitrogen and oxygen atoms in total. The van der Waals surface area contributed by atoms with E-state index in [-0.39, 0.29) is 41.6 Å². The van der Waals surface area contributed by atoms with Crippen molar-refractivity contribution in [3.8, 4) is 0 Å². The molecule has 1 aliphatic carbocycles. The third-order valence-electron chi connectivity index (χ3n) is 6.47. The molecule has 0 aromatic heterocycles. The Kier molecular flexibility index (Phi) is 6.03. The highest BCUT2D eigenvalue weighted by Gasteiger charge is 2.54. The molecule has 5 atom stereocenters. The number of esters is 1. The molecular formula is C26H29NO3. The van der Waals surface area contributed by atoms with Crippen LogP contribution in [0.15, 0.2) is 72.8 Å². The average Bonchev–Trinajstić information content (AvgIpc) is 3.01. The lowest BCUT2D eigenvalue weighted by molar-refractivity contribution is -0.152. The lowest BCUT2D eigenvalue weighted by Crippen LogP contribution is -2.43. The van der Waals surface area contributed by atoms with Crippen LogP contribution in [0.3, 0.4) is 0 Å². The third kappa shape index (κ3) is 3.91. The van der Waals surface area contributed by atoms with Gasteiger partial charge < -0.3 is 9.64 Å². The number of carbonyl (C=O) groups is 2. The summed E-state index contributed by atoms with van der Waals surface area (Å²) in [5.74, 6) is -0.682. The van der Waals surface area contributed by atoms with E-state index in [1.807, 2.05) is 60.4 Å². The van der Waals surface area contributed by atoms with Crippen LogP contribution in [0.5, 0.6) is 0 Å². The topological polar surface area (TPSA) is 46.6 Å². The van der Waals surface area contributed by atoms with Crippen molar-refractivity contribution in [2.45, 2.75) is 32.9 Å². The first-order valence-electron chi connectivity index (χ1n) is 10.8. The second-order valence-corrected chi connectivity index (χ2v) is 8.33. The Hall–Kier alpha value is -2.88. The number of ether oxygens (including phenoxy) is 1. The maximum atomic E-state index is 13.5. The zero-order valence-electron chi connectivity index (χ0n) is 17.6. The van der Waals surface area contributed by atoms with Gasteiger partial charge in [0.25, 0.3) is 0 Å². The van der Waals surface area contributed by atoms with Gasteiger partial charge in [0.1, 0.15) is 0 Å². The first-order valence-corrected chi connectivity index (χ1v) is 10.8. The van der Waals surface area contributed by atoms with Crippen molar-refractivity contribution in [1.29, 1.82) is 0 Å². The maximum Gasteiger partial charge on any atom is 0.309 e. The molecule has 0 spiro atoms. The lowest BCUT2D eigenvalue weighted by atomic mass is 9.69. The monoisotopic (exact) mass is 403 g/mol. The van der Waals surface area contributed by atoms with Crippen LogP contribution >= 0.6 is 0 Å². The molecule has 2 aromatic carbocycles. The Bertz CT molecular complexity index is 908. The van der Waals surface area contributed by atoms with E-state index in [2.05, 4.69) is 31.2 Å². The zero-order valence-corrected chi connectivity index (χ0v) is 17.6. The van der Waals surface area contributed by atoms with Gasteiger partial charge in [0.05, 0.1) is 18.4 Å². The molecule has 0 unspecified atom stereocenters. The molecule has 156 valence electrons. The van der Waals surface area contributed by atoms with E-state index in [1.54, 1.807) is 0 Å². The van der Waals surface area contributed by atoms with Crippen molar-refractivity contribution in [2.24, 2.45) is 23.7 Å². The van der Waals surface area contributed by atoms with Gasteiger partial charge in [-0.1, -0.05) is 79.7 Å². The van der Waals surface area contributed by atoms with E-state index in [0.717, 1.165) is 12.0 Å². The highest BCUT2D eigenvalue weighted by atomic mass is 16.5. The standard InChI is InChI=1S/C26H29NO3/c1-3-30-26(29)23-18(2)14-15-21-24(23)22(16-19-10-6-4-7-11-19)27(25(21)28)17-20-12-8-5-9-13-20/h4-15,18,21-24H,3,16-17H2,1-2H3/t18-,21+,22-,23+,24-/m0/s1. The van der Waals surface area contributed by atoms with Gasteiger partial charge in [-0.2, -0.15) is 0 Å². The molecule has 1 amide bonds. The number of fused-ring (bicyclic) bond motifs is 1. The fourth-order valence-electron chi connectivity index (χ4n) is 5.09. The second-order valence-electron chi connectivity index (χ2n) is 8.33. The molecule has 0 bridgehead atoms. The number of nitrogens with zero attached hydrogens (tertiary/aromatic N) is 1. The summed E-state index contributed by atoms with van der Waals surface area (Å²) in [4.78, 5) is 28.4. The number of benzene rings is 2. The minimum absolute atomic E-state index is 0.0491. The molecule has 1 saturated heterocycles. The molecule has 0 saturated carbocycles. The van der Waals surface area contributed by atoms with Gasteiger partial charge in [-0.15, -0.1) is 0 Å². The number of hydrogen-bond acceptors (Lipinski definition) is 3. The van der Waals surface area contributed by atoms with Crippen molar-refractivity contribution in [2.75, 3.05) is 6.61 Å². The summed E-state index contributed by atoms with van der Waals surface area (Å²) in [7, 11) is 0. The van der Waals surface area contributed by atoms with Gasteiger partial charge in [0.2, 0.25) is 5.91 Å². The van der Waals surface area contributed by atoms with Crippen LogP contribution in [0.2, 0.25) is 0 Å². The Morgan fingerprint density at radius 3 is 2.23 bits per heavy atom. The summed E-state index contributed by atoms with van der Waals surface area (Å²) in [6, 6.07) is 20.3. The Balaban J connectivity index is 1.72. The van der Waals surface area contributed by atoms with Crippen molar-refractivity contribution in [1.82, 2.24) is 4.90 Å². The smallest absolute Gasteiger partial charge is 0.309 e. The maximum absolute atomic E-state index is 13.5. The predicted molar refractivity (Wildman–Crippen MR) is 116 cm³/mol. The van der Waals surface area contributed by atoms with Crippen LogP contribution in [0.4, 0.5) is 0 Å². The van der Waals surface area contributed by atoms with Gasteiger partial charge in [0, 0.05) is 18.5 Å². The number of likely N-dealkylation sites (tertiary alicyclic amines) is 1. The highest BCUT2D eigenvalue weighted by molar-refractivity contribution is 5.86. The fraction of sp³-hybridized carbons (Fsp3) is 0.385. The third-order valence-corrected chi connectivity index (χ3v) is 6.47. The number of carbonyl (C=O) groups excluding carboxylic acids is 2. The molecule has 4 rings (SSSR count). The molecule has 2 aliphatic rings. The Morgan fingerprint density at radius 1 is 0.967 bits per heavy atom. The molecule has 0 N–H and O–H groups in total. The normalized spacial score (nSPS) is 27.7. The van der Waals surface area contributed by atoms with E-state index >= 15 is 0 Å². The predicted octanol–water partition coefficient (Wildman–Crippen LogP) is 4.26. The van der Waals surface area contributed by atoms with Gasteiger partial charge >= 0.3 is 5.97 Å². The minimum Gasteiger partial charge on any atom is -0.466 e. The van der Waals surface area contributed by atoms with Crippen molar-refractivity contribution in [3.05, 3.63) is 83.9 Å². The molecule has 1 heterocycles. The summed E-state index contributed by atoms with van der Waals surface area (Å²) in [5, 5.41) is 0. The largest absolute Gasteiger partial charge is 0.466 e. The van der Waals surface area contributed by atoms with Crippen molar-refractivity contribution < 1.29 is 14.3 Å². The SMILES string of the molecule is CCOC(=O)[C@H]1[C@H]2[C@@H](C=C[C@@H]1C)C(=O)N(Cc1ccccc1)[C@H]2Cc1ccccc1. The highest BCUT2D eigenvalue weighted by Crippen LogP contribution is 2.46. The number of hydrogen-bond donors (Lipinski definition) is 0. The molecular weight excluding hydrogens is 374 g/mol. The van der Waals surface area contributed by atoms with E-state index in [4.69, 9.17) is 4.74 Å². The summed E-state index contributed by atoms with van der Waals surface area (Å²) in [6.45, 7) is 4.80. The molecule has 30 heavy (non-hydrogen) atoms. The van der Waals surface area contributed by atoms with Crippen LogP contribution in [-0.4, -0.2) is 29.4 Å². The summed E-state index contributed by atoms with van der Waals surface area (Å²) in [5.41, 5.74) is 2.28. The molecule has 4 heteroatoms. The van der Waals surface area contributed by atoms with Crippen LogP contribution in [0.25, 0.3) is 0 Å². The summed E-state index contributed by atoms with van der Waals surface area (Å²) >= 11 is 0. The molecule has 1 aliphatic heterocycles. The van der Waals surface area contributed by atoms with Crippen LogP contribution in [0, 0.1) is 23.7 Å². The summed E-state index contributed by atoms with van der Waals surface area (Å²) in [6.07, 6.45) is 4.78. The van der Waals surface area contributed by atoms with Gasteiger partial charge in [-0.3, -0.25) is 9.59 Å². The van der Waals surface area contributed by atoms with E-state index in [0.29, 0.717) is 13.2 Å². The second kappa shape index (κ2) is 8.86. The zero-order chi connectivity index (χ0) is 21.1. The van der Waals surface area contributed by atoms with Crippen LogP contribution in [0.1, 0.15) is 25.0 Å². The van der Waals surface area contributed by atoms with E-state index in [1.165, 1.54) is 5.56 Å². The minimum atomic E-state index is -0.307. The van der Waals surface area contributed by atoms with Crippen LogP contribution in [-0.2, 0) is 27.3 Å². The first-order chi connectivity index (χ1) is 14.6. The Labute approximate surface area is 178 Å². The lowest BCUT2D eigenvalue weighted by Gasteiger charge is -2.36. The van der Waals surface area contributed by atoms with Gasteiger partial charge in [0.15, 0.2) is 0 Å². The number of amides is 1. The van der Waals surface area contributed by atoms with E-state index in [9.17, 15) is 9.59 Å². The number of rotatable bonds is 6. The van der Waals surface area contributed by atoms with E-state index < -0.39 is 0 Å². The van der Waals surface area contributed by atoms with Crippen LogP contribution < -0.4 is 0 Å². The van der Waals surface area contributed by atoms with Crippen molar-refractivity contribution in [3.63, 3.8) is 0 Å². The average molecular weight is 404 g/mol. The van der Waals surface area contributed by atoms with Gasteiger partial charge in [-0.25, -0.2) is 0 Å². The molecule has 1 fully saturated rings. The van der Waals surface area contributed by atoms with Gasteiger partial charge in [-0.05, 0) is 30.4 Å². The molecule has 0 radical (unpaired) electrons. The quantitative estimate of drug-likeness (QED) is 0.535. The first kappa shape index (κ1) is 20.4. The fourth-order valence-corrected chi connectivity index (χ4v) is 5.09.